The number of carbonyl (C=O) groups excluding carboxylic acids is 2. The summed E-state index contributed by atoms with van der Waals surface area (Å²) >= 11 is 0. The van der Waals surface area contributed by atoms with Gasteiger partial charge in [-0.25, -0.2) is 0 Å². The molecule has 2 aliphatic heterocycles. The molecule has 2 aliphatic rings. The number of hydrogen-bond acceptors (Lipinski definition) is 3. The summed E-state index contributed by atoms with van der Waals surface area (Å²) in [5.41, 5.74) is 1.73. The van der Waals surface area contributed by atoms with Gasteiger partial charge in [-0.15, -0.1) is 0 Å². The van der Waals surface area contributed by atoms with Crippen LogP contribution in [-0.4, -0.2) is 54.9 Å². The van der Waals surface area contributed by atoms with Gasteiger partial charge in [-0.2, -0.15) is 0 Å². The van der Waals surface area contributed by atoms with Gasteiger partial charge in [-0.3, -0.25) is 9.59 Å². The fourth-order valence-corrected chi connectivity index (χ4v) is 4.55. The summed E-state index contributed by atoms with van der Waals surface area (Å²) in [4.78, 5) is 30.4. The van der Waals surface area contributed by atoms with Crippen LogP contribution in [0.1, 0.15) is 41.1 Å². The van der Waals surface area contributed by atoms with Crippen LogP contribution in [0.5, 0.6) is 5.75 Å². The van der Waals surface area contributed by atoms with E-state index in [2.05, 4.69) is 12.1 Å². The number of hydrogen-bond donors (Lipinski definition) is 0. The topological polar surface area (TPSA) is 49.9 Å². The lowest BCUT2D eigenvalue weighted by Crippen LogP contribution is -2.42. The molecule has 5 heteroatoms. The van der Waals surface area contributed by atoms with Gasteiger partial charge in [-0.05, 0) is 43.0 Å². The molecule has 2 atom stereocenters. The second-order valence-electron chi connectivity index (χ2n) is 7.95. The lowest BCUT2D eigenvalue weighted by molar-refractivity contribution is -0.136. The van der Waals surface area contributed by atoms with Gasteiger partial charge in [0.15, 0.2) is 0 Å². The van der Waals surface area contributed by atoms with Crippen molar-refractivity contribution in [3.63, 3.8) is 0 Å². The van der Waals surface area contributed by atoms with Crippen LogP contribution < -0.4 is 4.74 Å². The Hall–Kier alpha value is -2.82. The molecule has 0 unspecified atom stereocenters. The van der Waals surface area contributed by atoms with Crippen molar-refractivity contribution in [1.29, 1.82) is 0 Å². The quantitative estimate of drug-likeness (QED) is 0.799. The molecular weight excluding hydrogens is 364 g/mol. The summed E-state index contributed by atoms with van der Waals surface area (Å²) in [5, 5.41) is 0. The van der Waals surface area contributed by atoms with Crippen molar-refractivity contribution in [2.24, 2.45) is 5.92 Å². The largest absolute Gasteiger partial charge is 0.497 e. The molecule has 0 aliphatic carbocycles. The van der Waals surface area contributed by atoms with Crippen LogP contribution in [0.25, 0.3) is 0 Å². The van der Waals surface area contributed by atoms with E-state index in [9.17, 15) is 9.59 Å². The molecule has 4 rings (SSSR count). The second-order valence-corrected chi connectivity index (χ2v) is 7.95. The highest BCUT2D eigenvalue weighted by Crippen LogP contribution is 2.35. The molecule has 2 fully saturated rings. The van der Waals surface area contributed by atoms with Crippen molar-refractivity contribution in [2.45, 2.75) is 25.2 Å². The predicted octanol–water partition coefficient (Wildman–Crippen LogP) is 3.56. The summed E-state index contributed by atoms with van der Waals surface area (Å²) in [5.74, 6) is 0.652. The molecule has 0 spiro atoms. The zero-order valence-corrected chi connectivity index (χ0v) is 16.9. The minimum absolute atomic E-state index is 0.0279. The Kier molecular flexibility index (Phi) is 5.84. The minimum atomic E-state index is -0.190. The highest BCUT2D eigenvalue weighted by molar-refractivity contribution is 5.95. The van der Waals surface area contributed by atoms with E-state index < -0.39 is 0 Å². The average molecular weight is 392 g/mol. The third-order valence-electron chi connectivity index (χ3n) is 6.14. The van der Waals surface area contributed by atoms with Gasteiger partial charge in [0.2, 0.25) is 5.91 Å². The summed E-state index contributed by atoms with van der Waals surface area (Å²) in [6.45, 7) is 2.69. The minimum Gasteiger partial charge on any atom is -0.497 e. The van der Waals surface area contributed by atoms with Crippen LogP contribution in [0.15, 0.2) is 54.6 Å². The number of piperidine rings is 1. The normalized spacial score (nSPS) is 21.8. The average Bonchev–Trinajstić information content (AvgIpc) is 3.24. The summed E-state index contributed by atoms with van der Waals surface area (Å²) < 4.78 is 5.27. The van der Waals surface area contributed by atoms with Gasteiger partial charge >= 0.3 is 0 Å². The maximum absolute atomic E-state index is 13.4. The maximum Gasteiger partial charge on any atom is 0.254 e. The molecular formula is C24H28N2O3. The van der Waals surface area contributed by atoms with Crippen molar-refractivity contribution in [1.82, 2.24) is 9.80 Å². The van der Waals surface area contributed by atoms with E-state index in [4.69, 9.17) is 4.74 Å². The Morgan fingerprint density at radius 2 is 1.66 bits per heavy atom. The smallest absolute Gasteiger partial charge is 0.254 e. The summed E-state index contributed by atoms with van der Waals surface area (Å²) in [6.07, 6.45) is 3.33. The van der Waals surface area contributed by atoms with E-state index in [1.165, 1.54) is 6.42 Å². The van der Waals surface area contributed by atoms with Crippen LogP contribution >= 0.6 is 0 Å². The molecule has 152 valence electrons. The Morgan fingerprint density at radius 1 is 0.897 bits per heavy atom. The lowest BCUT2D eigenvalue weighted by atomic mass is 9.87. The Balaban J connectivity index is 1.59. The number of carbonyl (C=O) groups is 2. The third kappa shape index (κ3) is 4.14. The van der Waals surface area contributed by atoms with Crippen LogP contribution in [0.4, 0.5) is 0 Å². The van der Waals surface area contributed by atoms with E-state index in [1.807, 2.05) is 46.2 Å². The van der Waals surface area contributed by atoms with Gasteiger partial charge in [0.05, 0.1) is 13.0 Å². The highest BCUT2D eigenvalue weighted by atomic mass is 16.5. The number of amides is 2. The molecule has 5 nitrogen and oxygen atoms in total. The standard InChI is InChI=1S/C24H28N2O3/c1-29-20-12-8-11-19(15-20)23(27)26-16-21(18-9-4-2-5-10-18)22(17-26)24(28)25-13-6-3-7-14-25/h2,4-5,8-12,15,21-22H,3,6-7,13-14,16-17H2,1H3/t21-,22-/m0/s1. The van der Waals surface area contributed by atoms with Crippen molar-refractivity contribution < 1.29 is 14.3 Å². The first-order valence-corrected chi connectivity index (χ1v) is 10.4. The van der Waals surface area contributed by atoms with Crippen LogP contribution in [0.3, 0.4) is 0 Å². The van der Waals surface area contributed by atoms with Crippen molar-refractivity contribution in [2.75, 3.05) is 33.3 Å². The van der Waals surface area contributed by atoms with E-state index >= 15 is 0 Å². The SMILES string of the molecule is COc1cccc(C(=O)N2C[C@H](C(=O)N3CCCCC3)[C@H](c3ccccc3)C2)c1. The van der Waals surface area contributed by atoms with Gasteiger partial charge < -0.3 is 14.5 Å². The molecule has 2 amide bonds. The molecule has 0 bridgehead atoms. The number of ether oxygens (including phenoxy) is 1. The Bertz CT molecular complexity index is 861. The van der Waals surface area contributed by atoms with E-state index in [-0.39, 0.29) is 23.7 Å². The fourth-order valence-electron chi connectivity index (χ4n) is 4.55. The first-order valence-electron chi connectivity index (χ1n) is 10.4. The van der Waals surface area contributed by atoms with Gasteiger partial charge in [-0.1, -0.05) is 36.4 Å². The number of rotatable bonds is 4. The molecule has 2 saturated heterocycles. The van der Waals surface area contributed by atoms with E-state index in [0.717, 1.165) is 31.5 Å². The second kappa shape index (κ2) is 8.68. The molecule has 0 N–H and O–H groups in total. The number of likely N-dealkylation sites (tertiary alicyclic amines) is 2. The molecule has 2 aromatic rings. The van der Waals surface area contributed by atoms with Crippen molar-refractivity contribution >= 4 is 11.8 Å². The highest BCUT2D eigenvalue weighted by Gasteiger charge is 2.42. The summed E-state index contributed by atoms with van der Waals surface area (Å²) in [6, 6.07) is 17.4. The van der Waals surface area contributed by atoms with Gasteiger partial charge in [0, 0.05) is 37.7 Å². The molecule has 0 saturated carbocycles. The molecule has 0 aromatic heterocycles. The number of methoxy groups -OCH3 is 1. The molecule has 0 radical (unpaired) electrons. The van der Waals surface area contributed by atoms with Crippen LogP contribution in [0, 0.1) is 5.92 Å². The van der Waals surface area contributed by atoms with Crippen LogP contribution in [-0.2, 0) is 4.79 Å². The monoisotopic (exact) mass is 392 g/mol. The molecule has 29 heavy (non-hydrogen) atoms. The first-order chi connectivity index (χ1) is 14.2. The number of benzene rings is 2. The predicted molar refractivity (Wildman–Crippen MR) is 112 cm³/mol. The maximum atomic E-state index is 13.4. The summed E-state index contributed by atoms with van der Waals surface area (Å²) in [7, 11) is 1.60. The fraction of sp³-hybridized carbons (Fsp3) is 0.417. The lowest BCUT2D eigenvalue weighted by Gasteiger charge is -2.30. The zero-order valence-electron chi connectivity index (χ0n) is 16.9. The van der Waals surface area contributed by atoms with Gasteiger partial charge in [0.25, 0.3) is 5.91 Å². The van der Waals surface area contributed by atoms with E-state index in [1.54, 1.807) is 13.2 Å². The number of nitrogens with zero attached hydrogens (tertiary/aromatic N) is 2. The Labute approximate surface area is 172 Å². The van der Waals surface area contributed by atoms with Crippen molar-refractivity contribution in [3.05, 3.63) is 65.7 Å². The molecule has 2 aromatic carbocycles. The van der Waals surface area contributed by atoms with E-state index in [0.29, 0.717) is 24.4 Å². The Morgan fingerprint density at radius 3 is 2.38 bits per heavy atom. The van der Waals surface area contributed by atoms with Crippen molar-refractivity contribution in [3.8, 4) is 5.75 Å². The molecule has 2 heterocycles. The first kappa shape index (κ1) is 19.5. The van der Waals surface area contributed by atoms with Crippen LogP contribution in [0.2, 0.25) is 0 Å². The third-order valence-corrected chi connectivity index (χ3v) is 6.14. The zero-order chi connectivity index (χ0) is 20.2. The van der Waals surface area contributed by atoms with Gasteiger partial charge in [0.1, 0.15) is 5.75 Å².